The minimum atomic E-state index is -3.43. The summed E-state index contributed by atoms with van der Waals surface area (Å²) in [6, 6.07) is 0. The molecule has 0 aliphatic carbocycles. The van der Waals surface area contributed by atoms with Crippen molar-refractivity contribution < 1.29 is 16.8 Å². The molecule has 0 aliphatic heterocycles. The summed E-state index contributed by atoms with van der Waals surface area (Å²) in [7, 11) is -6.70. The van der Waals surface area contributed by atoms with E-state index in [4.69, 9.17) is 5.53 Å². The summed E-state index contributed by atoms with van der Waals surface area (Å²) in [5.74, 6) is -1.13. The van der Waals surface area contributed by atoms with Gasteiger partial charge in [-0.05, 0) is 5.53 Å². The molecule has 0 aliphatic rings. The Hall–Kier alpha value is -0.790. The van der Waals surface area contributed by atoms with Crippen LogP contribution in [0.2, 0.25) is 0 Å². The first kappa shape index (κ1) is 13.2. The van der Waals surface area contributed by atoms with Crippen LogP contribution in [0.4, 0.5) is 0 Å². The third-order valence-corrected chi connectivity index (χ3v) is 4.17. The molecule has 7 nitrogen and oxygen atoms in total. The summed E-state index contributed by atoms with van der Waals surface area (Å²) in [4.78, 5) is 2.39. The molecule has 0 aromatic heterocycles. The monoisotopic (exact) mass is 241 g/mol. The molecular weight excluding hydrogens is 230 g/mol. The van der Waals surface area contributed by atoms with Crippen LogP contribution in [-0.2, 0) is 19.7 Å². The van der Waals surface area contributed by atoms with Crippen LogP contribution in [-0.4, -0.2) is 46.9 Å². The highest BCUT2D eigenvalue weighted by atomic mass is 32.2. The van der Waals surface area contributed by atoms with Crippen LogP contribution in [0.25, 0.3) is 10.4 Å². The zero-order valence-corrected chi connectivity index (χ0v) is 9.25. The molecule has 9 heteroatoms. The van der Waals surface area contributed by atoms with Crippen LogP contribution in [0.3, 0.4) is 0 Å². The summed E-state index contributed by atoms with van der Waals surface area (Å²) >= 11 is 0. The molecule has 0 heterocycles. The molecular formula is C5H11N3O4S2. The fraction of sp³-hybridized carbons (Fsp3) is 1.00. The fourth-order valence-electron chi connectivity index (χ4n) is 0.605. The van der Waals surface area contributed by atoms with Crippen molar-refractivity contribution in [3.63, 3.8) is 0 Å². The van der Waals surface area contributed by atoms with E-state index in [-0.39, 0.29) is 12.3 Å². The van der Waals surface area contributed by atoms with Crippen molar-refractivity contribution in [3.05, 3.63) is 10.4 Å². The summed E-state index contributed by atoms with van der Waals surface area (Å²) in [6.45, 7) is -0.164. The highest BCUT2D eigenvalue weighted by molar-refractivity contribution is 7.94. The lowest BCUT2D eigenvalue weighted by molar-refractivity contribution is 0.590. The average Bonchev–Trinajstić information content (AvgIpc) is 2.00. The lowest BCUT2D eigenvalue weighted by atomic mass is 10.8. The second-order valence-corrected chi connectivity index (χ2v) is 7.30. The third-order valence-electron chi connectivity index (χ3n) is 1.33. The molecule has 0 spiro atoms. The van der Waals surface area contributed by atoms with Gasteiger partial charge in [0.25, 0.3) is 0 Å². The zero-order valence-electron chi connectivity index (χ0n) is 7.62. The molecule has 0 amide bonds. The van der Waals surface area contributed by atoms with Gasteiger partial charge in [0, 0.05) is 17.7 Å². The minimum absolute atomic E-state index is 0.164. The fourth-order valence-corrected chi connectivity index (χ4v) is 3.40. The van der Waals surface area contributed by atoms with Gasteiger partial charge in [0.2, 0.25) is 0 Å². The Labute approximate surface area is 82.6 Å². The highest BCUT2D eigenvalue weighted by Gasteiger charge is 2.13. The normalized spacial score (nSPS) is 12.1. The molecule has 14 heavy (non-hydrogen) atoms. The molecule has 0 atom stereocenters. The number of rotatable bonds is 6. The summed E-state index contributed by atoms with van der Waals surface area (Å²) < 4.78 is 43.5. The maximum Gasteiger partial charge on any atom is 0.151 e. The first-order valence-corrected chi connectivity index (χ1v) is 7.54. The van der Waals surface area contributed by atoms with Crippen LogP contribution >= 0.6 is 0 Å². The van der Waals surface area contributed by atoms with Gasteiger partial charge in [-0.3, -0.25) is 0 Å². The summed E-state index contributed by atoms with van der Waals surface area (Å²) in [6.07, 6.45) is 0.968. The lowest BCUT2D eigenvalue weighted by Gasteiger charge is -2.00. The number of azide groups is 1. The molecule has 0 unspecified atom stereocenters. The summed E-state index contributed by atoms with van der Waals surface area (Å²) in [5.41, 5.74) is 7.89. The largest absolute Gasteiger partial charge is 0.229 e. The van der Waals surface area contributed by atoms with Gasteiger partial charge in [0.1, 0.15) is 9.84 Å². The van der Waals surface area contributed by atoms with Gasteiger partial charge in [-0.2, -0.15) is 0 Å². The Morgan fingerprint density at radius 3 is 2.14 bits per heavy atom. The van der Waals surface area contributed by atoms with Crippen molar-refractivity contribution in [3.8, 4) is 0 Å². The smallest absolute Gasteiger partial charge is 0.151 e. The Bertz CT molecular complexity index is 418. The Balaban J connectivity index is 4.16. The van der Waals surface area contributed by atoms with Crippen molar-refractivity contribution in [1.29, 1.82) is 0 Å². The topological polar surface area (TPSA) is 117 Å². The maximum absolute atomic E-state index is 11.1. The van der Waals surface area contributed by atoms with E-state index >= 15 is 0 Å². The van der Waals surface area contributed by atoms with Gasteiger partial charge in [-0.15, -0.1) is 0 Å². The molecule has 0 aromatic carbocycles. The molecule has 0 saturated carbocycles. The predicted octanol–water partition coefficient (Wildman–Crippen LogP) is -0.244. The van der Waals surface area contributed by atoms with E-state index in [9.17, 15) is 16.8 Å². The predicted molar refractivity (Wildman–Crippen MR) is 52.4 cm³/mol. The zero-order chi connectivity index (χ0) is 11.2. The van der Waals surface area contributed by atoms with Gasteiger partial charge < -0.3 is 0 Å². The summed E-state index contributed by atoms with van der Waals surface area (Å²) in [5, 5.41) is 3.05. The first-order chi connectivity index (χ1) is 6.27. The lowest BCUT2D eigenvalue weighted by Crippen LogP contribution is -2.19. The number of hydrogen-bond acceptors (Lipinski definition) is 5. The number of nitrogens with zero attached hydrogens (tertiary/aromatic N) is 3. The third kappa shape index (κ3) is 7.84. The molecule has 0 rings (SSSR count). The Kier molecular flexibility index (Phi) is 4.89. The maximum atomic E-state index is 11.1. The SMILES string of the molecule is CS(=O)(=O)CCS(=O)(=O)CCN=[N+]=[N-]. The molecule has 0 aromatic rings. The van der Waals surface area contributed by atoms with E-state index in [1.54, 1.807) is 0 Å². The van der Waals surface area contributed by atoms with Gasteiger partial charge in [0.15, 0.2) is 9.84 Å². The Morgan fingerprint density at radius 1 is 1.14 bits per heavy atom. The average molecular weight is 241 g/mol. The van der Waals surface area contributed by atoms with Crippen molar-refractivity contribution >= 4 is 19.7 Å². The van der Waals surface area contributed by atoms with Crippen molar-refractivity contribution in [1.82, 2.24) is 0 Å². The quantitative estimate of drug-likeness (QED) is 0.362. The number of hydrogen-bond donors (Lipinski definition) is 0. The molecule has 0 radical (unpaired) electrons. The second-order valence-electron chi connectivity index (χ2n) is 2.74. The van der Waals surface area contributed by atoms with Crippen LogP contribution in [0.5, 0.6) is 0 Å². The van der Waals surface area contributed by atoms with Crippen molar-refractivity contribution in [2.24, 2.45) is 5.11 Å². The van der Waals surface area contributed by atoms with E-state index in [2.05, 4.69) is 10.0 Å². The molecule has 82 valence electrons. The van der Waals surface area contributed by atoms with Crippen LogP contribution in [0, 0.1) is 0 Å². The first-order valence-electron chi connectivity index (χ1n) is 3.66. The molecule has 0 saturated heterocycles. The standard InChI is InChI=1S/C5H11N3O4S2/c1-13(9,10)4-5-14(11,12)3-2-7-8-6/h2-5H2,1H3. The van der Waals surface area contributed by atoms with Crippen LogP contribution in [0.1, 0.15) is 0 Å². The van der Waals surface area contributed by atoms with Crippen molar-refractivity contribution in [2.75, 3.05) is 30.1 Å². The van der Waals surface area contributed by atoms with E-state index < -0.39 is 31.2 Å². The van der Waals surface area contributed by atoms with Gasteiger partial charge in [0.05, 0.1) is 17.3 Å². The molecule has 0 bridgehead atoms. The van der Waals surface area contributed by atoms with Gasteiger partial charge in [-0.25, -0.2) is 16.8 Å². The van der Waals surface area contributed by atoms with Crippen LogP contribution in [0.15, 0.2) is 5.11 Å². The van der Waals surface area contributed by atoms with Crippen LogP contribution < -0.4 is 0 Å². The number of sulfone groups is 2. The van der Waals surface area contributed by atoms with Gasteiger partial charge in [-0.1, -0.05) is 5.11 Å². The highest BCUT2D eigenvalue weighted by Crippen LogP contribution is 1.94. The Morgan fingerprint density at radius 2 is 1.71 bits per heavy atom. The second kappa shape index (κ2) is 5.18. The molecule has 0 N–H and O–H groups in total. The van der Waals surface area contributed by atoms with Gasteiger partial charge >= 0.3 is 0 Å². The van der Waals surface area contributed by atoms with E-state index in [1.165, 1.54) is 0 Å². The van der Waals surface area contributed by atoms with E-state index in [1.807, 2.05) is 0 Å². The van der Waals surface area contributed by atoms with E-state index in [0.29, 0.717) is 0 Å². The minimum Gasteiger partial charge on any atom is -0.229 e. The van der Waals surface area contributed by atoms with Crippen molar-refractivity contribution in [2.45, 2.75) is 0 Å². The molecule has 0 fully saturated rings. The van der Waals surface area contributed by atoms with E-state index in [0.717, 1.165) is 6.26 Å².